The van der Waals surface area contributed by atoms with Gasteiger partial charge in [0.15, 0.2) is 6.10 Å². The SMILES string of the molecule is CCCc1c(OCCCSc2ccc(OC(C)c3nn[nH]n3)cc2)ccc2c(-c3ccccc3)coc12. The van der Waals surface area contributed by atoms with Gasteiger partial charge in [0.2, 0.25) is 5.82 Å². The van der Waals surface area contributed by atoms with Crippen molar-refractivity contribution in [2.45, 2.75) is 44.1 Å². The fourth-order valence-corrected chi connectivity index (χ4v) is 5.07. The van der Waals surface area contributed by atoms with Crippen LogP contribution in [0.2, 0.25) is 0 Å². The molecule has 190 valence electrons. The summed E-state index contributed by atoms with van der Waals surface area (Å²) >= 11 is 1.81. The van der Waals surface area contributed by atoms with Crippen LogP contribution in [0.3, 0.4) is 0 Å². The zero-order chi connectivity index (χ0) is 25.5. The second kappa shape index (κ2) is 12.0. The second-order valence-electron chi connectivity index (χ2n) is 8.74. The minimum atomic E-state index is -0.266. The van der Waals surface area contributed by atoms with Gasteiger partial charge < -0.3 is 13.9 Å². The fraction of sp³-hybridized carbons (Fsp3) is 0.276. The van der Waals surface area contributed by atoms with Crippen molar-refractivity contribution >= 4 is 22.7 Å². The number of hydrogen-bond donors (Lipinski definition) is 1. The number of fused-ring (bicyclic) bond motifs is 1. The van der Waals surface area contributed by atoms with Crippen LogP contribution in [0.4, 0.5) is 0 Å². The van der Waals surface area contributed by atoms with Crippen LogP contribution in [0, 0.1) is 0 Å². The average Bonchev–Trinajstić information content (AvgIpc) is 3.62. The van der Waals surface area contributed by atoms with E-state index in [1.54, 1.807) is 11.8 Å². The Morgan fingerprint density at radius 3 is 2.62 bits per heavy atom. The molecule has 0 fully saturated rings. The van der Waals surface area contributed by atoms with Crippen LogP contribution in [0.25, 0.3) is 22.1 Å². The van der Waals surface area contributed by atoms with Crippen LogP contribution in [-0.2, 0) is 6.42 Å². The van der Waals surface area contributed by atoms with Crippen LogP contribution in [-0.4, -0.2) is 33.0 Å². The molecule has 7 nitrogen and oxygen atoms in total. The normalized spacial score (nSPS) is 12.1. The molecule has 0 bridgehead atoms. The maximum absolute atomic E-state index is 6.24. The quantitative estimate of drug-likeness (QED) is 0.138. The Morgan fingerprint density at radius 1 is 1.03 bits per heavy atom. The summed E-state index contributed by atoms with van der Waals surface area (Å²) in [4.78, 5) is 1.19. The van der Waals surface area contributed by atoms with Crippen molar-refractivity contribution in [2.24, 2.45) is 0 Å². The first-order chi connectivity index (χ1) is 18.2. The highest BCUT2D eigenvalue weighted by atomic mass is 32.2. The van der Waals surface area contributed by atoms with Crippen molar-refractivity contribution in [2.75, 3.05) is 12.4 Å². The van der Waals surface area contributed by atoms with E-state index < -0.39 is 0 Å². The molecule has 0 amide bonds. The van der Waals surface area contributed by atoms with Gasteiger partial charge in [0, 0.05) is 27.2 Å². The maximum atomic E-state index is 6.24. The van der Waals surface area contributed by atoms with Gasteiger partial charge in [-0.3, -0.25) is 0 Å². The Balaban J connectivity index is 1.15. The monoisotopic (exact) mass is 514 g/mol. The summed E-state index contributed by atoms with van der Waals surface area (Å²) in [5.41, 5.74) is 4.37. The fourth-order valence-electron chi connectivity index (χ4n) is 4.25. The summed E-state index contributed by atoms with van der Waals surface area (Å²) in [7, 11) is 0. The van der Waals surface area contributed by atoms with Crippen molar-refractivity contribution in [1.82, 2.24) is 20.6 Å². The Kier molecular flexibility index (Phi) is 8.05. The van der Waals surface area contributed by atoms with Crippen molar-refractivity contribution in [1.29, 1.82) is 0 Å². The summed E-state index contributed by atoms with van der Waals surface area (Å²) < 4.78 is 18.2. The van der Waals surface area contributed by atoms with Crippen molar-refractivity contribution in [3.8, 4) is 22.6 Å². The number of furan rings is 1. The zero-order valence-corrected chi connectivity index (χ0v) is 21.8. The van der Waals surface area contributed by atoms with Gasteiger partial charge in [-0.2, -0.15) is 5.21 Å². The van der Waals surface area contributed by atoms with E-state index in [0.29, 0.717) is 12.4 Å². The maximum Gasteiger partial charge on any atom is 0.214 e. The van der Waals surface area contributed by atoms with E-state index >= 15 is 0 Å². The molecule has 5 aromatic rings. The lowest BCUT2D eigenvalue weighted by molar-refractivity contribution is 0.216. The number of rotatable bonds is 12. The first kappa shape index (κ1) is 24.9. The van der Waals surface area contributed by atoms with Crippen LogP contribution >= 0.6 is 11.8 Å². The first-order valence-corrected chi connectivity index (χ1v) is 13.6. The lowest BCUT2D eigenvalue weighted by Crippen LogP contribution is -2.05. The van der Waals surface area contributed by atoms with E-state index in [1.807, 2.05) is 31.4 Å². The number of thioether (sulfide) groups is 1. The summed E-state index contributed by atoms with van der Waals surface area (Å²) in [5, 5.41) is 15.1. The number of nitrogens with one attached hydrogen (secondary N) is 1. The van der Waals surface area contributed by atoms with Crippen molar-refractivity contribution < 1.29 is 13.9 Å². The van der Waals surface area contributed by atoms with E-state index in [4.69, 9.17) is 13.9 Å². The predicted octanol–water partition coefficient (Wildman–Crippen LogP) is 7.27. The highest BCUT2D eigenvalue weighted by Crippen LogP contribution is 2.37. The first-order valence-electron chi connectivity index (χ1n) is 12.6. The summed E-state index contributed by atoms with van der Waals surface area (Å²) in [6, 6.07) is 22.6. The number of aryl methyl sites for hydroxylation is 1. The molecule has 5 rings (SSSR count). The number of nitrogens with zero attached hydrogens (tertiary/aromatic N) is 3. The molecule has 0 saturated carbocycles. The molecule has 1 atom stereocenters. The standard InChI is InChI=1S/C29H30N4O3S/c1-3-8-25-27(16-15-24-26(19-35-28(24)25)21-9-5-4-6-10-21)34-17-7-18-37-23-13-11-22(12-14-23)36-20(2)29-30-32-33-31-29/h4-6,9-16,19-20H,3,7-8,17-18H2,1-2H3,(H,30,31,32,33). The Morgan fingerprint density at radius 2 is 1.86 bits per heavy atom. The number of aromatic amines is 1. The summed E-state index contributed by atoms with van der Waals surface area (Å²) in [5.74, 6) is 3.19. The zero-order valence-electron chi connectivity index (χ0n) is 21.0. The van der Waals surface area contributed by atoms with Gasteiger partial charge in [0.1, 0.15) is 17.1 Å². The smallest absolute Gasteiger partial charge is 0.214 e. The summed E-state index contributed by atoms with van der Waals surface area (Å²) in [6.07, 6.45) is 4.48. The van der Waals surface area contributed by atoms with Gasteiger partial charge in [-0.05, 0) is 61.7 Å². The van der Waals surface area contributed by atoms with Gasteiger partial charge in [0.25, 0.3) is 0 Å². The molecule has 0 radical (unpaired) electrons. The third kappa shape index (κ3) is 5.97. The number of tetrazole rings is 1. The lowest BCUT2D eigenvalue weighted by Gasteiger charge is -2.12. The van der Waals surface area contributed by atoms with Crippen molar-refractivity contribution in [3.63, 3.8) is 0 Å². The van der Waals surface area contributed by atoms with Crippen LogP contribution < -0.4 is 9.47 Å². The van der Waals surface area contributed by atoms with Gasteiger partial charge in [-0.1, -0.05) is 48.9 Å². The molecule has 0 aliphatic rings. The van der Waals surface area contributed by atoms with E-state index in [-0.39, 0.29) is 6.10 Å². The molecule has 8 heteroatoms. The van der Waals surface area contributed by atoms with Crippen molar-refractivity contribution in [3.05, 3.63) is 84.4 Å². The van der Waals surface area contributed by atoms with Crippen LogP contribution in [0.15, 0.2) is 82.3 Å². The van der Waals surface area contributed by atoms with Gasteiger partial charge in [-0.15, -0.1) is 22.0 Å². The Hall–Kier alpha value is -3.78. The highest BCUT2D eigenvalue weighted by molar-refractivity contribution is 7.99. The molecule has 1 unspecified atom stereocenters. The topological polar surface area (TPSA) is 86.1 Å². The molecule has 2 heterocycles. The second-order valence-corrected chi connectivity index (χ2v) is 9.90. The summed E-state index contributed by atoms with van der Waals surface area (Å²) in [6.45, 7) is 4.73. The van der Waals surface area contributed by atoms with E-state index in [9.17, 15) is 0 Å². The molecule has 37 heavy (non-hydrogen) atoms. The predicted molar refractivity (Wildman–Crippen MR) is 146 cm³/mol. The molecular formula is C29H30N4O3S. The molecule has 0 aliphatic carbocycles. The van der Waals surface area contributed by atoms with Gasteiger partial charge >= 0.3 is 0 Å². The molecule has 1 N–H and O–H groups in total. The van der Waals surface area contributed by atoms with Crippen LogP contribution in [0.5, 0.6) is 11.5 Å². The lowest BCUT2D eigenvalue weighted by atomic mass is 10.0. The van der Waals surface area contributed by atoms with E-state index in [1.165, 1.54) is 4.90 Å². The minimum Gasteiger partial charge on any atom is -0.493 e. The molecule has 0 saturated heterocycles. The van der Waals surface area contributed by atoms with E-state index in [2.05, 4.69) is 76.1 Å². The largest absolute Gasteiger partial charge is 0.493 e. The number of benzene rings is 3. The van der Waals surface area contributed by atoms with Gasteiger partial charge in [-0.25, -0.2) is 0 Å². The number of hydrogen-bond acceptors (Lipinski definition) is 7. The van der Waals surface area contributed by atoms with Gasteiger partial charge in [0.05, 0.1) is 12.9 Å². The Labute approximate surface area is 220 Å². The molecule has 3 aromatic carbocycles. The molecule has 2 aromatic heterocycles. The molecule has 0 aliphatic heterocycles. The molecular weight excluding hydrogens is 484 g/mol. The number of aromatic nitrogens is 4. The Bertz CT molecular complexity index is 1400. The third-order valence-corrected chi connectivity index (χ3v) is 7.16. The van der Waals surface area contributed by atoms with Crippen LogP contribution in [0.1, 0.15) is 44.2 Å². The molecule has 0 spiro atoms. The third-order valence-electron chi connectivity index (χ3n) is 6.06. The number of ether oxygens (including phenoxy) is 2. The van der Waals surface area contributed by atoms with E-state index in [0.717, 1.165) is 64.2 Å². The highest BCUT2D eigenvalue weighted by Gasteiger charge is 2.16. The number of H-pyrrole nitrogens is 1. The minimum absolute atomic E-state index is 0.266. The average molecular weight is 515 g/mol.